The largest absolute Gasteiger partial charge is 0.417 e. The zero-order valence-corrected chi connectivity index (χ0v) is 11.7. The molecule has 0 saturated carbocycles. The Labute approximate surface area is 123 Å². The summed E-state index contributed by atoms with van der Waals surface area (Å²) in [6, 6.07) is 8.12. The molecule has 0 aliphatic rings. The molecule has 2 nitrogen and oxygen atoms in total. The van der Waals surface area contributed by atoms with Crippen molar-refractivity contribution in [3.05, 3.63) is 52.8 Å². The molecule has 1 aromatic heterocycles. The standard InChI is InChI=1S/C13H10ClF3N2S/c14-9-5-8(13(15,16)17)6-19-11(9)7-20-12-4-2-1-3-10(12)18/h1-6H,7,18H2. The quantitative estimate of drug-likeness (QED) is 0.662. The second-order valence-corrected chi connectivity index (χ2v) is 5.40. The molecule has 0 fully saturated rings. The van der Waals surface area contributed by atoms with Crippen LogP contribution in [0.25, 0.3) is 0 Å². The number of nitrogens with two attached hydrogens (primary N) is 1. The van der Waals surface area contributed by atoms with E-state index < -0.39 is 11.7 Å². The summed E-state index contributed by atoms with van der Waals surface area (Å²) in [6.45, 7) is 0. The molecular weight excluding hydrogens is 309 g/mol. The molecule has 0 bridgehead atoms. The van der Waals surface area contributed by atoms with Crippen molar-refractivity contribution in [2.75, 3.05) is 5.73 Å². The van der Waals surface area contributed by atoms with Gasteiger partial charge >= 0.3 is 6.18 Å². The third-order valence-electron chi connectivity index (χ3n) is 2.53. The lowest BCUT2D eigenvalue weighted by atomic mass is 10.2. The summed E-state index contributed by atoms with van der Waals surface area (Å²) in [5, 5.41) is 0.00169. The van der Waals surface area contributed by atoms with E-state index in [2.05, 4.69) is 4.98 Å². The zero-order chi connectivity index (χ0) is 14.8. The van der Waals surface area contributed by atoms with Gasteiger partial charge in [-0.1, -0.05) is 23.7 Å². The van der Waals surface area contributed by atoms with E-state index in [-0.39, 0.29) is 5.02 Å². The van der Waals surface area contributed by atoms with E-state index >= 15 is 0 Å². The van der Waals surface area contributed by atoms with Crippen LogP contribution in [-0.4, -0.2) is 4.98 Å². The average Bonchev–Trinajstić information content (AvgIpc) is 2.38. The Hall–Kier alpha value is -1.40. The maximum atomic E-state index is 12.5. The number of aromatic nitrogens is 1. The molecule has 1 aromatic carbocycles. The van der Waals surface area contributed by atoms with E-state index in [0.717, 1.165) is 17.2 Å². The molecule has 20 heavy (non-hydrogen) atoms. The van der Waals surface area contributed by atoms with Gasteiger partial charge < -0.3 is 5.73 Å². The van der Waals surface area contributed by atoms with Gasteiger partial charge in [-0.15, -0.1) is 11.8 Å². The van der Waals surface area contributed by atoms with Crippen molar-refractivity contribution >= 4 is 29.1 Å². The summed E-state index contributed by atoms with van der Waals surface area (Å²) >= 11 is 7.21. The van der Waals surface area contributed by atoms with Crippen molar-refractivity contribution in [3.63, 3.8) is 0 Å². The van der Waals surface area contributed by atoms with Crippen LogP contribution in [0.1, 0.15) is 11.3 Å². The molecule has 0 unspecified atom stereocenters. The summed E-state index contributed by atoms with van der Waals surface area (Å²) in [6.07, 6.45) is -3.65. The lowest BCUT2D eigenvalue weighted by Gasteiger charge is -2.09. The molecule has 2 rings (SSSR count). The summed E-state index contributed by atoms with van der Waals surface area (Å²) < 4.78 is 37.4. The number of alkyl halides is 3. The van der Waals surface area contributed by atoms with Crippen LogP contribution in [0.3, 0.4) is 0 Å². The Bertz CT molecular complexity index is 617. The van der Waals surface area contributed by atoms with Crippen molar-refractivity contribution in [1.29, 1.82) is 0 Å². The van der Waals surface area contributed by atoms with Crippen molar-refractivity contribution < 1.29 is 13.2 Å². The number of hydrogen-bond donors (Lipinski definition) is 1. The fraction of sp³-hybridized carbons (Fsp3) is 0.154. The molecule has 2 N–H and O–H groups in total. The van der Waals surface area contributed by atoms with Gasteiger partial charge in [0.2, 0.25) is 0 Å². The number of halogens is 4. The molecule has 0 saturated heterocycles. The Morgan fingerprint density at radius 2 is 1.95 bits per heavy atom. The minimum atomic E-state index is -4.44. The Kier molecular flexibility index (Phi) is 4.45. The molecule has 0 spiro atoms. The first kappa shape index (κ1) is 15.0. The van der Waals surface area contributed by atoms with Gasteiger partial charge in [0, 0.05) is 22.5 Å². The maximum Gasteiger partial charge on any atom is 0.417 e. The van der Waals surface area contributed by atoms with Crippen molar-refractivity contribution in [2.45, 2.75) is 16.8 Å². The highest BCUT2D eigenvalue weighted by Gasteiger charge is 2.31. The monoisotopic (exact) mass is 318 g/mol. The van der Waals surface area contributed by atoms with Crippen molar-refractivity contribution in [3.8, 4) is 0 Å². The number of benzene rings is 1. The Balaban J connectivity index is 2.13. The van der Waals surface area contributed by atoms with E-state index in [1.165, 1.54) is 11.8 Å². The van der Waals surface area contributed by atoms with Gasteiger partial charge in [0.25, 0.3) is 0 Å². The number of anilines is 1. The van der Waals surface area contributed by atoms with Crippen LogP contribution in [0.5, 0.6) is 0 Å². The molecule has 0 aliphatic carbocycles. The third-order valence-corrected chi connectivity index (χ3v) is 3.96. The van der Waals surface area contributed by atoms with Gasteiger partial charge in [-0.05, 0) is 18.2 Å². The van der Waals surface area contributed by atoms with Crippen LogP contribution in [0.2, 0.25) is 5.02 Å². The maximum absolute atomic E-state index is 12.5. The average molecular weight is 319 g/mol. The van der Waals surface area contributed by atoms with Gasteiger partial charge in [-0.3, -0.25) is 4.98 Å². The molecule has 106 valence electrons. The highest BCUT2D eigenvalue weighted by atomic mass is 35.5. The number of thioether (sulfide) groups is 1. The fourth-order valence-corrected chi connectivity index (χ4v) is 2.73. The number of para-hydroxylation sites is 1. The van der Waals surface area contributed by atoms with Gasteiger partial charge in [0.15, 0.2) is 0 Å². The molecule has 0 atom stereocenters. The molecule has 0 radical (unpaired) electrons. The first-order valence-electron chi connectivity index (χ1n) is 5.57. The predicted octanol–water partition coefficient (Wildman–Crippen LogP) is 4.63. The van der Waals surface area contributed by atoms with E-state index in [0.29, 0.717) is 17.1 Å². The molecule has 0 aliphatic heterocycles. The minimum Gasteiger partial charge on any atom is -0.398 e. The predicted molar refractivity (Wildman–Crippen MR) is 74.7 cm³/mol. The number of nitrogens with zero attached hydrogens (tertiary/aromatic N) is 1. The topological polar surface area (TPSA) is 38.9 Å². The number of rotatable bonds is 3. The van der Waals surface area contributed by atoms with Crippen LogP contribution in [0.4, 0.5) is 18.9 Å². The summed E-state index contributed by atoms with van der Waals surface area (Å²) in [4.78, 5) is 4.61. The molecule has 7 heteroatoms. The smallest absolute Gasteiger partial charge is 0.398 e. The SMILES string of the molecule is Nc1ccccc1SCc1ncc(C(F)(F)F)cc1Cl. The van der Waals surface area contributed by atoms with Crippen LogP contribution in [0, 0.1) is 0 Å². The fourth-order valence-electron chi connectivity index (χ4n) is 1.49. The number of hydrogen-bond acceptors (Lipinski definition) is 3. The second kappa shape index (κ2) is 5.93. The first-order valence-corrected chi connectivity index (χ1v) is 6.93. The van der Waals surface area contributed by atoms with E-state index in [9.17, 15) is 13.2 Å². The highest BCUT2D eigenvalue weighted by Crippen LogP contribution is 2.33. The number of nitrogen functional groups attached to an aromatic ring is 1. The lowest BCUT2D eigenvalue weighted by molar-refractivity contribution is -0.137. The van der Waals surface area contributed by atoms with Gasteiger partial charge in [0.05, 0.1) is 16.3 Å². The van der Waals surface area contributed by atoms with Gasteiger partial charge in [-0.25, -0.2) is 0 Å². The summed E-state index contributed by atoms with van der Waals surface area (Å²) in [5.41, 5.74) is 5.94. The van der Waals surface area contributed by atoms with Crippen LogP contribution in [-0.2, 0) is 11.9 Å². The molecule has 1 heterocycles. The lowest BCUT2D eigenvalue weighted by Crippen LogP contribution is -2.06. The second-order valence-electron chi connectivity index (χ2n) is 3.98. The van der Waals surface area contributed by atoms with Gasteiger partial charge in [0.1, 0.15) is 0 Å². The van der Waals surface area contributed by atoms with E-state index in [4.69, 9.17) is 17.3 Å². The first-order chi connectivity index (χ1) is 9.38. The summed E-state index contributed by atoms with van der Waals surface area (Å²) in [5.74, 6) is 0.352. The van der Waals surface area contributed by atoms with E-state index in [1.54, 1.807) is 6.07 Å². The zero-order valence-electron chi connectivity index (χ0n) is 10.1. The minimum absolute atomic E-state index is 0.00169. The van der Waals surface area contributed by atoms with Crippen LogP contribution >= 0.6 is 23.4 Å². The van der Waals surface area contributed by atoms with Crippen molar-refractivity contribution in [2.24, 2.45) is 0 Å². The molecule has 0 amide bonds. The third kappa shape index (κ3) is 3.58. The highest BCUT2D eigenvalue weighted by molar-refractivity contribution is 7.98. The van der Waals surface area contributed by atoms with E-state index in [1.807, 2.05) is 18.2 Å². The Morgan fingerprint density at radius 1 is 1.25 bits per heavy atom. The Morgan fingerprint density at radius 3 is 2.55 bits per heavy atom. The summed E-state index contributed by atoms with van der Waals surface area (Å²) in [7, 11) is 0. The van der Waals surface area contributed by atoms with Crippen LogP contribution in [0.15, 0.2) is 41.4 Å². The van der Waals surface area contributed by atoms with Crippen LogP contribution < -0.4 is 5.73 Å². The normalized spacial score (nSPS) is 11.6. The van der Waals surface area contributed by atoms with Gasteiger partial charge in [-0.2, -0.15) is 13.2 Å². The molecule has 2 aromatic rings. The number of pyridine rings is 1. The van der Waals surface area contributed by atoms with Crippen molar-refractivity contribution in [1.82, 2.24) is 4.98 Å². The molecular formula is C13H10ClF3N2S.